The number of aryl methyl sites for hydroxylation is 2. The summed E-state index contributed by atoms with van der Waals surface area (Å²) in [5, 5.41) is 1.26. The molecule has 0 fully saturated rings. The fourth-order valence-corrected chi connectivity index (χ4v) is 1.96. The molecular formula is C14H17N. The Bertz CT molecular complexity index is 460. The van der Waals surface area contributed by atoms with Gasteiger partial charge in [0.15, 0.2) is 0 Å². The average molecular weight is 199 g/mol. The van der Waals surface area contributed by atoms with Gasteiger partial charge in [-0.25, -0.2) is 0 Å². The van der Waals surface area contributed by atoms with Gasteiger partial charge in [0.05, 0.1) is 5.52 Å². The zero-order valence-corrected chi connectivity index (χ0v) is 9.46. The van der Waals surface area contributed by atoms with E-state index in [4.69, 9.17) is 4.98 Å². The van der Waals surface area contributed by atoms with Crippen molar-refractivity contribution < 1.29 is 0 Å². The summed E-state index contributed by atoms with van der Waals surface area (Å²) in [6.07, 6.45) is 3.33. The Hall–Kier alpha value is -1.37. The standard InChI is InChI=1S/C14H17N/c1-3-7-13-11(4-2)10-12-8-5-6-9-14(12)15-13/h5-6,8-10H,3-4,7H2,1-2H3. The summed E-state index contributed by atoms with van der Waals surface area (Å²) >= 11 is 0. The van der Waals surface area contributed by atoms with Crippen LogP contribution in [0.2, 0.25) is 0 Å². The van der Waals surface area contributed by atoms with E-state index in [9.17, 15) is 0 Å². The second-order valence-electron chi connectivity index (χ2n) is 3.89. The van der Waals surface area contributed by atoms with Gasteiger partial charge < -0.3 is 0 Å². The average Bonchev–Trinajstić information content (AvgIpc) is 2.28. The number of fused-ring (bicyclic) bond motifs is 1. The Morgan fingerprint density at radius 1 is 1.13 bits per heavy atom. The Kier molecular flexibility index (Phi) is 3.00. The highest BCUT2D eigenvalue weighted by atomic mass is 14.7. The molecule has 78 valence electrons. The van der Waals surface area contributed by atoms with Crippen LogP contribution >= 0.6 is 0 Å². The molecule has 0 atom stereocenters. The van der Waals surface area contributed by atoms with Crippen molar-refractivity contribution in [2.75, 3.05) is 0 Å². The normalized spacial score (nSPS) is 10.8. The molecule has 1 aromatic heterocycles. The third-order valence-electron chi connectivity index (χ3n) is 2.76. The minimum atomic E-state index is 1.08. The van der Waals surface area contributed by atoms with Crippen LogP contribution in [0.1, 0.15) is 31.5 Å². The lowest BCUT2D eigenvalue weighted by Crippen LogP contribution is -1.97. The molecule has 1 nitrogen and oxygen atoms in total. The number of nitrogens with zero attached hydrogens (tertiary/aromatic N) is 1. The molecule has 2 rings (SSSR count). The van der Waals surface area contributed by atoms with E-state index >= 15 is 0 Å². The molecule has 0 bridgehead atoms. The molecule has 0 aliphatic carbocycles. The monoisotopic (exact) mass is 199 g/mol. The molecule has 0 unspecified atom stereocenters. The van der Waals surface area contributed by atoms with Crippen molar-refractivity contribution in [3.8, 4) is 0 Å². The van der Waals surface area contributed by atoms with E-state index < -0.39 is 0 Å². The van der Waals surface area contributed by atoms with Crippen molar-refractivity contribution in [2.24, 2.45) is 0 Å². The first-order chi connectivity index (χ1) is 7.35. The summed E-state index contributed by atoms with van der Waals surface area (Å²) < 4.78 is 0. The van der Waals surface area contributed by atoms with Crippen LogP contribution in [0.25, 0.3) is 10.9 Å². The molecule has 0 spiro atoms. The molecule has 0 saturated heterocycles. The van der Waals surface area contributed by atoms with E-state index in [0.717, 1.165) is 18.4 Å². The Morgan fingerprint density at radius 2 is 1.93 bits per heavy atom. The molecule has 1 aromatic carbocycles. The second kappa shape index (κ2) is 4.43. The Morgan fingerprint density at radius 3 is 2.67 bits per heavy atom. The molecule has 0 aliphatic heterocycles. The molecule has 0 N–H and O–H groups in total. The van der Waals surface area contributed by atoms with Gasteiger partial charge in [0.2, 0.25) is 0 Å². The van der Waals surface area contributed by atoms with Gasteiger partial charge in [-0.3, -0.25) is 4.98 Å². The van der Waals surface area contributed by atoms with Crippen LogP contribution in [0.3, 0.4) is 0 Å². The van der Waals surface area contributed by atoms with Gasteiger partial charge in [-0.15, -0.1) is 0 Å². The number of hydrogen-bond donors (Lipinski definition) is 0. The number of pyridine rings is 1. The molecule has 1 heterocycles. The molecule has 0 radical (unpaired) electrons. The van der Waals surface area contributed by atoms with Crippen LogP contribution in [0.15, 0.2) is 30.3 Å². The lowest BCUT2D eigenvalue weighted by atomic mass is 10.0. The minimum absolute atomic E-state index is 1.08. The van der Waals surface area contributed by atoms with E-state index in [2.05, 4.69) is 44.2 Å². The van der Waals surface area contributed by atoms with E-state index in [-0.39, 0.29) is 0 Å². The van der Waals surface area contributed by atoms with Gasteiger partial charge in [-0.2, -0.15) is 0 Å². The van der Waals surface area contributed by atoms with Crippen molar-refractivity contribution >= 4 is 10.9 Å². The van der Waals surface area contributed by atoms with Crippen molar-refractivity contribution in [3.63, 3.8) is 0 Å². The molecule has 2 aromatic rings. The first kappa shape index (κ1) is 10.2. The molecular weight excluding hydrogens is 182 g/mol. The number of aromatic nitrogens is 1. The highest BCUT2D eigenvalue weighted by Gasteiger charge is 2.03. The summed E-state index contributed by atoms with van der Waals surface area (Å²) in [7, 11) is 0. The van der Waals surface area contributed by atoms with E-state index in [0.29, 0.717) is 0 Å². The fraction of sp³-hybridized carbons (Fsp3) is 0.357. The van der Waals surface area contributed by atoms with Crippen molar-refractivity contribution in [3.05, 3.63) is 41.6 Å². The van der Waals surface area contributed by atoms with E-state index in [1.165, 1.54) is 23.1 Å². The van der Waals surface area contributed by atoms with Crippen LogP contribution < -0.4 is 0 Å². The zero-order valence-electron chi connectivity index (χ0n) is 9.46. The van der Waals surface area contributed by atoms with Gasteiger partial charge in [0.1, 0.15) is 0 Å². The molecule has 0 aliphatic rings. The maximum atomic E-state index is 4.74. The van der Waals surface area contributed by atoms with Gasteiger partial charge in [-0.05, 0) is 30.5 Å². The largest absolute Gasteiger partial charge is 0.253 e. The third kappa shape index (κ3) is 2.01. The van der Waals surface area contributed by atoms with Crippen LogP contribution in [0, 0.1) is 0 Å². The lowest BCUT2D eigenvalue weighted by molar-refractivity contribution is 0.865. The predicted octanol–water partition coefficient (Wildman–Crippen LogP) is 3.75. The first-order valence-corrected chi connectivity index (χ1v) is 5.72. The minimum Gasteiger partial charge on any atom is -0.253 e. The van der Waals surface area contributed by atoms with Crippen LogP contribution in [-0.2, 0) is 12.8 Å². The quantitative estimate of drug-likeness (QED) is 0.733. The van der Waals surface area contributed by atoms with Crippen LogP contribution in [0.5, 0.6) is 0 Å². The summed E-state index contributed by atoms with van der Waals surface area (Å²) in [5.41, 5.74) is 3.80. The van der Waals surface area contributed by atoms with Crippen LogP contribution in [-0.4, -0.2) is 4.98 Å². The summed E-state index contributed by atoms with van der Waals surface area (Å²) in [6, 6.07) is 10.6. The number of para-hydroxylation sites is 1. The molecule has 1 heteroatoms. The highest BCUT2D eigenvalue weighted by Crippen LogP contribution is 2.18. The zero-order chi connectivity index (χ0) is 10.7. The second-order valence-corrected chi connectivity index (χ2v) is 3.89. The summed E-state index contributed by atoms with van der Waals surface area (Å²) in [6.45, 7) is 4.40. The van der Waals surface area contributed by atoms with Crippen LogP contribution in [0.4, 0.5) is 0 Å². The number of benzene rings is 1. The van der Waals surface area contributed by atoms with Gasteiger partial charge >= 0.3 is 0 Å². The fourth-order valence-electron chi connectivity index (χ4n) is 1.96. The number of hydrogen-bond acceptors (Lipinski definition) is 1. The van der Waals surface area contributed by atoms with Crippen molar-refractivity contribution in [1.82, 2.24) is 4.98 Å². The van der Waals surface area contributed by atoms with E-state index in [1.807, 2.05) is 0 Å². The highest BCUT2D eigenvalue weighted by molar-refractivity contribution is 5.79. The summed E-state index contributed by atoms with van der Waals surface area (Å²) in [4.78, 5) is 4.74. The maximum Gasteiger partial charge on any atom is 0.0705 e. The smallest absolute Gasteiger partial charge is 0.0705 e. The topological polar surface area (TPSA) is 12.9 Å². The lowest BCUT2D eigenvalue weighted by Gasteiger charge is -2.07. The maximum absolute atomic E-state index is 4.74. The predicted molar refractivity (Wildman–Crippen MR) is 65.1 cm³/mol. The Labute approximate surface area is 91.2 Å². The number of rotatable bonds is 3. The molecule has 15 heavy (non-hydrogen) atoms. The SMILES string of the molecule is CCCc1nc2ccccc2cc1CC. The van der Waals surface area contributed by atoms with Gasteiger partial charge in [-0.1, -0.05) is 38.5 Å². The first-order valence-electron chi connectivity index (χ1n) is 5.72. The third-order valence-corrected chi connectivity index (χ3v) is 2.76. The van der Waals surface area contributed by atoms with Gasteiger partial charge in [0, 0.05) is 11.1 Å². The molecule has 0 amide bonds. The van der Waals surface area contributed by atoms with E-state index in [1.54, 1.807) is 0 Å². The Balaban J connectivity index is 2.58. The van der Waals surface area contributed by atoms with Crippen molar-refractivity contribution in [2.45, 2.75) is 33.1 Å². The van der Waals surface area contributed by atoms with Gasteiger partial charge in [0.25, 0.3) is 0 Å². The summed E-state index contributed by atoms with van der Waals surface area (Å²) in [5.74, 6) is 0. The van der Waals surface area contributed by atoms with Crippen molar-refractivity contribution in [1.29, 1.82) is 0 Å². The molecule has 0 saturated carbocycles.